The summed E-state index contributed by atoms with van der Waals surface area (Å²) in [4.78, 5) is 0. The highest BCUT2D eigenvalue weighted by molar-refractivity contribution is 14.1. The first-order chi connectivity index (χ1) is 6.20. The average Bonchev–Trinajstić information content (AvgIpc) is 2.12. The highest BCUT2D eigenvalue weighted by Crippen LogP contribution is 2.29. The predicted octanol–water partition coefficient (Wildman–Crippen LogP) is 4.24. The fraction of sp³-hybridized carbons (Fsp3) is 0. The maximum absolute atomic E-state index is 13.1. The normalized spacial score (nSPS) is 10.7. The molecule has 0 atom stereocenters. The van der Waals surface area contributed by atoms with Gasteiger partial charge in [0.05, 0.1) is 5.02 Å². The van der Waals surface area contributed by atoms with Crippen LogP contribution in [0.5, 0.6) is 0 Å². The lowest BCUT2D eigenvalue weighted by Crippen LogP contribution is -1.82. The highest BCUT2D eigenvalue weighted by Gasteiger charge is 2.06. The molecule has 0 unspecified atom stereocenters. The van der Waals surface area contributed by atoms with Gasteiger partial charge in [-0.25, -0.2) is 4.39 Å². The Morgan fingerprint density at radius 1 is 1.15 bits per heavy atom. The van der Waals surface area contributed by atoms with Gasteiger partial charge in [-0.3, -0.25) is 0 Å². The zero-order chi connectivity index (χ0) is 9.42. The third-order valence-corrected chi connectivity index (χ3v) is 3.15. The third-order valence-electron chi connectivity index (χ3n) is 1.88. The summed E-state index contributed by atoms with van der Waals surface area (Å²) in [5.41, 5.74) is 0. The Balaban J connectivity index is 2.97. The van der Waals surface area contributed by atoms with Crippen LogP contribution in [-0.2, 0) is 0 Å². The van der Waals surface area contributed by atoms with Gasteiger partial charge in [0.2, 0.25) is 0 Å². The summed E-state index contributed by atoms with van der Waals surface area (Å²) >= 11 is 8.00. The van der Waals surface area contributed by atoms with Crippen LogP contribution in [0.3, 0.4) is 0 Å². The number of hydrogen-bond acceptors (Lipinski definition) is 0. The third kappa shape index (κ3) is 1.53. The molecular formula is C10H5ClFI. The second kappa shape index (κ2) is 3.42. The van der Waals surface area contributed by atoms with Gasteiger partial charge in [-0.1, -0.05) is 29.8 Å². The molecule has 66 valence electrons. The Morgan fingerprint density at radius 2 is 1.92 bits per heavy atom. The van der Waals surface area contributed by atoms with Crippen molar-refractivity contribution in [1.29, 1.82) is 0 Å². The number of halogens is 3. The standard InChI is InChI=1S/C10H5ClFI/c11-10-7(12)5-4-6-2-1-3-8(13)9(6)10/h1-5H. The Hall–Kier alpha value is -0.350. The molecule has 3 heteroatoms. The summed E-state index contributed by atoms with van der Waals surface area (Å²) in [5.74, 6) is -0.363. The minimum absolute atomic E-state index is 0.211. The molecule has 0 saturated heterocycles. The molecule has 0 bridgehead atoms. The first-order valence-electron chi connectivity index (χ1n) is 3.72. The van der Waals surface area contributed by atoms with Gasteiger partial charge in [0.25, 0.3) is 0 Å². The summed E-state index contributed by atoms with van der Waals surface area (Å²) in [6.45, 7) is 0. The molecule has 0 nitrogen and oxygen atoms in total. The van der Waals surface area contributed by atoms with Gasteiger partial charge < -0.3 is 0 Å². The number of fused-ring (bicyclic) bond motifs is 1. The molecule has 0 aliphatic heterocycles. The van der Waals surface area contributed by atoms with E-state index in [1.807, 2.05) is 18.2 Å². The zero-order valence-corrected chi connectivity index (χ0v) is 9.43. The van der Waals surface area contributed by atoms with Crippen molar-refractivity contribution in [2.24, 2.45) is 0 Å². The Morgan fingerprint density at radius 3 is 2.69 bits per heavy atom. The van der Waals surface area contributed by atoms with E-state index in [0.29, 0.717) is 0 Å². The van der Waals surface area contributed by atoms with Crippen molar-refractivity contribution in [3.8, 4) is 0 Å². The van der Waals surface area contributed by atoms with E-state index in [9.17, 15) is 4.39 Å². The minimum Gasteiger partial charge on any atom is -0.205 e. The Labute approximate surface area is 93.8 Å². The lowest BCUT2D eigenvalue weighted by Gasteiger charge is -2.03. The largest absolute Gasteiger partial charge is 0.205 e. The minimum atomic E-state index is -0.363. The van der Waals surface area contributed by atoms with E-state index >= 15 is 0 Å². The van der Waals surface area contributed by atoms with Crippen molar-refractivity contribution in [2.45, 2.75) is 0 Å². The number of benzene rings is 2. The maximum Gasteiger partial charge on any atom is 0.142 e. The quantitative estimate of drug-likeness (QED) is 0.639. The summed E-state index contributed by atoms with van der Waals surface area (Å²) < 4.78 is 14.1. The zero-order valence-electron chi connectivity index (χ0n) is 6.52. The lowest BCUT2D eigenvalue weighted by atomic mass is 10.1. The predicted molar refractivity (Wildman–Crippen MR) is 61.6 cm³/mol. The average molecular weight is 307 g/mol. The fourth-order valence-corrected chi connectivity index (χ4v) is 2.49. The van der Waals surface area contributed by atoms with Crippen LogP contribution in [0.2, 0.25) is 5.02 Å². The number of hydrogen-bond donors (Lipinski definition) is 0. The smallest absolute Gasteiger partial charge is 0.142 e. The molecule has 2 aromatic rings. The van der Waals surface area contributed by atoms with Gasteiger partial charge in [0, 0.05) is 8.96 Å². The monoisotopic (exact) mass is 306 g/mol. The molecule has 0 aliphatic carbocycles. The van der Waals surface area contributed by atoms with Crippen LogP contribution in [-0.4, -0.2) is 0 Å². The first-order valence-corrected chi connectivity index (χ1v) is 5.18. The summed E-state index contributed by atoms with van der Waals surface area (Å²) in [5, 5.41) is 1.98. The van der Waals surface area contributed by atoms with Gasteiger partial charge >= 0.3 is 0 Å². The van der Waals surface area contributed by atoms with Crippen LogP contribution >= 0.6 is 34.2 Å². The molecule has 2 aromatic carbocycles. The molecule has 0 radical (unpaired) electrons. The number of rotatable bonds is 0. The van der Waals surface area contributed by atoms with Crippen molar-refractivity contribution in [1.82, 2.24) is 0 Å². The molecule has 13 heavy (non-hydrogen) atoms. The van der Waals surface area contributed by atoms with Crippen LogP contribution in [0.15, 0.2) is 30.3 Å². The highest BCUT2D eigenvalue weighted by atomic mass is 127. The van der Waals surface area contributed by atoms with E-state index in [2.05, 4.69) is 22.6 Å². The first kappa shape index (κ1) is 9.21. The topological polar surface area (TPSA) is 0 Å². The van der Waals surface area contributed by atoms with Gasteiger partial charge in [0.15, 0.2) is 0 Å². The molecule has 0 amide bonds. The van der Waals surface area contributed by atoms with E-state index in [-0.39, 0.29) is 10.8 Å². The molecule has 0 spiro atoms. The van der Waals surface area contributed by atoms with Crippen molar-refractivity contribution in [3.05, 3.63) is 44.7 Å². The Kier molecular flexibility index (Phi) is 2.43. The molecule has 0 fully saturated rings. The van der Waals surface area contributed by atoms with Gasteiger partial charge in [0.1, 0.15) is 5.82 Å². The van der Waals surface area contributed by atoms with Crippen molar-refractivity contribution < 1.29 is 4.39 Å². The van der Waals surface area contributed by atoms with Gasteiger partial charge in [-0.2, -0.15) is 0 Å². The fourth-order valence-electron chi connectivity index (χ4n) is 1.27. The SMILES string of the molecule is Fc1ccc2cccc(I)c2c1Cl. The van der Waals surface area contributed by atoms with Crippen LogP contribution in [0.25, 0.3) is 10.8 Å². The molecule has 0 aromatic heterocycles. The molecular weight excluding hydrogens is 301 g/mol. The van der Waals surface area contributed by atoms with Crippen molar-refractivity contribution >= 4 is 45.0 Å². The summed E-state index contributed by atoms with van der Waals surface area (Å²) in [7, 11) is 0. The van der Waals surface area contributed by atoms with Crippen molar-refractivity contribution in [3.63, 3.8) is 0 Å². The van der Waals surface area contributed by atoms with Crippen LogP contribution in [0.1, 0.15) is 0 Å². The second-order valence-corrected chi connectivity index (χ2v) is 4.24. The molecule has 0 saturated carbocycles. The van der Waals surface area contributed by atoms with E-state index in [0.717, 1.165) is 14.3 Å². The molecule has 0 heterocycles. The lowest BCUT2D eigenvalue weighted by molar-refractivity contribution is 0.630. The second-order valence-electron chi connectivity index (χ2n) is 2.70. The van der Waals surface area contributed by atoms with Crippen LogP contribution in [0, 0.1) is 9.39 Å². The van der Waals surface area contributed by atoms with E-state index in [4.69, 9.17) is 11.6 Å². The summed E-state index contributed by atoms with van der Waals surface area (Å²) in [6.07, 6.45) is 0. The molecule has 0 N–H and O–H groups in total. The molecule has 2 rings (SSSR count). The van der Waals surface area contributed by atoms with E-state index < -0.39 is 0 Å². The van der Waals surface area contributed by atoms with Gasteiger partial charge in [-0.05, 0) is 40.1 Å². The van der Waals surface area contributed by atoms with E-state index in [1.54, 1.807) is 6.07 Å². The van der Waals surface area contributed by atoms with Crippen molar-refractivity contribution in [2.75, 3.05) is 0 Å². The van der Waals surface area contributed by atoms with Crippen LogP contribution in [0.4, 0.5) is 4.39 Å². The Bertz CT molecular complexity index is 468. The van der Waals surface area contributed by atoms with Crippen LogP contribution < -0.4 is 0 Å². The summed E-state index contributed by atoms with van der Waals surface area (Å²) in [6, 6.07) is 8.88. The maximum atomic E-state index is 13.1. The van der Waals surface area contributed by atoms with E-state index in [1.165, 1.54) is 6.07 Å². The van der Waals surface area contributed by atoms with Gasteiger partial charge in [-0.15, -0.1) is 0 Å². The molecule has 0 aliphatic rings.